The third-order valence-corrected chi connectivity index (χ3v) is 2.43. The lowest BCUT2D eigenvalue weighted by molar-refractivity contribution is 0.274. The van der Waals surface area contributed by atoms with Crippen molar-refractivity contribution in [2.24, 2.45) is 13.0 Å². The molecule has 14 heavy (non-hydrogen) atoms. The highest BCUT2D eigenvalue weighted by molar-refractivity contribution is 5.41. The van der Waals surface area contributed by atoms with Crippen LogP contribution in [0.25, 0.3) is 0 Å². The molecule has 0 N–H and O–H groups in total. The third kappa shape index (κ3) is 1.58. The van der Waals surface area contributed by atoms with Crippen molar-refractivity contribution in [3.8, 4) is 11.9 Å². The number of ether oxygens (including phenoxy) is 1. The topological polar surface area (TPSA) is 50.8 Å². The molecule has 4 nitrogen and oxygen atoms in total. The summed E-state index contributed by atoms with van der Waals surface area (Å²) in [7, 11) is 1.80. The smallest absolute Gasteiger partial charge is 0.230 e. The fourth-order valence-corrected chi connectivity index (χ4v) is 1.41. The van der Waals surface area contributed by atoms with Crippen LogP contribution in [0.15, 0.2) is 0 Å². The normalized spacial score (nSPS) is 15.2. The maximum Gasteiger partial charge on any atom is 0.230 e. The Morgan fingerprint density at radius 3 is 2.93 bits per heavy atom. The van der Waals surface area contributed by atoms with Gasteiger partial charge in [-0.15, -0.1) is 0 Å². The highest BCUT2D eigenvalue weighted by Crippen LogP contribution is 2.30. The molecule has 0 spiro atoms. The van der Waals surface area contributed by atoms with Gasteiger partial charge in [-0.3, -0.25) is 0 Å². The lowest BCUT2D eigenvalue weighted by atomic mass is 10.3. The van der Waals surface area contributed by atoms with Crippen LogP contribution in [-0.4, -0.2) is 16.4 Å². The van der Waals surface area contributed by atoms with Crippen molar-refractivity contribution in [1.29, 1.82) is 5.26 Å². The quantitative estimate of drug-likeness (QED) is 0.725. The van der Waals surface area contributed by atoms with Gasteiger partial charge < -0.3 is 4.74 Å². The van der Waals surface area contributed by atoms with Crippen LogP contribution in [0.2, 0.25) is 0 Å². The van der Waals surface area contributed by atoms with Crippen molar-refractivity contribution in [3.05, 3.63) is 11.3 Å². The summed E-state index contributed by atoms with van der Waals surface area (Å²) in [6.45, 7) is 2.54. The molecule has 1 aliphatic carbocycles. The average molecular weight is 191 g/mol. The molecule has 0 aromatic carbocycles. The van der Waals surface area contributed by atoms with Gasteiger partial charge in [0.15, 0.2) is 0 Å². The maximum atomic E-state index is 8.91. The fourth-order valence-electron chi connectivity index (χ4n) is 1.41. The van der Waals surface area contributed by atoms with Crippen molar-refractivity contribution >= 4 is 0 Å². The summed E-state index contributed by atoms with van der Waals surface area (Å²) >= 11 is 0. The van der Waals surface area contributed by atoms with Gasteiger partial charge in [-0.25, -0.2) is 4.68 Å². The Hall–Kier alpha value is -1.50. The number of hydrogen-bond acceptors (Lipinski definition) is 3. The van der Waals surface area contributed by atoms with Crippen LogP contribution >= 0.6 is 0 Å². The molecule has 1 aliphatic rings. The van der Waals surface area contributed by atoms with E-state index in [1.54, 1.807) is 11.7 Å². The molecule has 74 valence electrons. The Kier molecular flexibility index (Phi) is 2.16. The summed E-state index contributed by atoms with van der Waals surface area (Å²) in [5.74, 6) is 1.30. The fraction of sp³-hybridized carbons (Fsp3) is 0.600. The van der Waals surface area contributed by atoms with Crippen LogP contribution in [0.1, 0.15) is 24.1 Å². The Bertz CT molecular complexity index is 385. The first-order chi connectivity index (χ1) is 6.72. The van der Waals surface area contributed by atoms with Crippen molar-refractivity contribution < 1.29 is 4.74 Å². The lowest BCUT2D eigenvalue weighted by Crippen LogP contribution is -2.04. The van der Waals surface area contributed by atoms with Crippen molar-refractivity contribution in [2.75, 3.05) is 6.61 Å². The van der Waals surface area contributed by atoms with E-state index >= 15 is 0 Å². The first-order valence-electron chi connectivity index (χ1n) is 4.79. The summed E-state index contributed by atoms with van der Waals surface area (Å²) in [6.07, 6.45) is 2.50. The molecule has 2 rings (SSSR count). The molecule has 1 aromatic heterocycles. The molecule has 0 unspecified atom stereocenters. The molecule has 0 radical (unpaired) electrons. The number of aromatic nitrogens is 2. The zero-order valence-electron chi connectivity index (χ0n) is 8.45. The second kappa shape index (κ2) is 3.33. The van der Waals surface area contributed by atoms with Crippen molar-refractivity contribution in [2.45, 2.75) is 19.8 Å². The molecule has 0 aliphatic heterocycles. The predicted molar refractivity (Wildman–Crippen MR) is 50.9 cm³/mol. The van der Waals surface area contributed by atoms with Crippen LogP contribution in [-0.2, 0) is 7.05 Å². The number of rotatable bonds is 3. The van der Waals surface area contributed by atoms with Gasteiger partial charge in [0.25, 0.3) is 0 Å². The summed E-state index contributed by atoms with van der Waals surface area (Å²) in [6, 6.07) is 2.12. The number of hydrogen-bond donors (Lipinski definition) is 0. The standard InChI is InChI=1S/C10H13N3O/c1-7-9(5-11)10(13(2)12-7)14-6-8-3-4-8/h8H,3-4,6H2,1-2H3. The predicted octanol–water partition coefficient (Wildman–Crippen LogP) is 1.39. The van der Waals surface area contributed by atoms with Crippen molar-refractivity contribution in [1.82, 2.24) is 9.78 Å². The van der Waals surface area contributed by atoms with E-state index in [0.717, 1.165) is 5.69 Å². The molecule has 0 atom stereocenters. The number of aryl methyl sites for hydroxylation is 2. The van der Waals surface area contributed by atoms with E-state index in [0.29, 0.717) is 24.0 Å². The number of nitrogens with zero attached hydrogens (tertiary/aromatic N) is 3. The minimum absolute atomic E-state index is 0.563. The second-order valence-electron chi connectivity index (χ2n) is 3.76. The minimum Gasteiger partial charge on any atom is -0.477 e. The molecule has 1 aromatic rings. The van der Waals surface area contributed by atoms with Crippen LogP contribution in [0.4, 0.5) is 0 Å². The van der Waals surface area contributed by atoms with Crippen LogP contribution in [0.3, 0.4) is 0 Å². The van der Waals surface area contributed by atoms with E-state index in [4.69, 9.17) is 10.00 Å². The van der Waals surface area contributed by atoms with E-state index in [9.17, 15) is 0 Å². The summed E-state index contributed by atoms with van der Waals surface area (Å²) < 4.78 is 7.22. The third-order valence-electron chi connectivity index (χ3n) is 2.43. The van der Waals surface area contributed by atoms with E-state index < -0.39 is 0 Å². The van der Waals surface area contributed by atoms with Gasteiger partial charge in [0, 0.05) is 7.05 Å². The molecule has 4 heteroatoms. The van der Waals surface area contributed by atoms with Gasteiger partial charge in [0.1, 0.15) is 11.6 Å². The molecule has 0 bridgehead atoms. The Labute approximate surface area is 83.1 Å². The molecule has 1 fully saturated rings. The highest BCUT2D eigenvalue weighted by Gasteiger charge is 2.24. The van der Waals surface area contributed by atoms with E-state index in [1.165, 1.54) is 12.8 Å². The van der Waals surface area contributed by atoms with Crippen LogP contribution < -0.4 is 4.74 Å². The van der Waals surface area contributed by atoms with E-state index in [1.807, 2.05) is 6.92 Å². The Balaban J connectivity index is 2.17. The summed E-state index contributed by atoms with van der Waals surface area (Å²) in [4.78, 5) is 0. The minimum atomic E-state index is 0.563. The SMILES string of the molecule is Cc1nn(C)c(OCC2CC2)c1C#N. The first-order valence-corrected chi connectivity index (χ1v) is 4.79. The monoisotopic (exact) mass is 191 g/mol. The van der Waals surface area contributed by atoms with E-state index in [-0.39, 0.29) is 0 Å². The van der Waals surface area contributed by atoms with Gasteiger partial charge >= 0.3 is 0 Å². The summed E-state index contributed by atoms with van der Waals surface area (Å²) in [5.41, 5.74) is 1.30. The van der Waals surface area contributed by atoms with Crippen LogP contribution in [0, 0.1) is 24.2 Å². The molecule has 1 saturated carbocycles. The summed E-state index contributed by atoms with van der Waals surface area (Å²) in [5, 5.41) is 13.1. The largest absolute Gasteiger partial charge is 0.477 e. The van der Waals surface area contributed by atoms with Crippen LogP contribution in [0.5, 0.6) is 5.88 Å². The molecular formula is C10H13N3O. The maximum absolute atomic E-state index is 8.91. The molecule has 0 amide bonds. The Morgan fingerprint density at radius 1 is 1.64 bits per heavy atom. The Morgan fingerprint density at radius 2 is 2.36 bits per heavy atom. The lowest BCUT2D eigenvalue weighted by Gasteiger charge is -2.04. The van der Waals surface area contributed by atoms with Gasteiger partial charge in [0.05, 0.1) is 12.3 Å². The zero-order valence-corrected chi connectivity index (χ0v) is 8.45. The second-order valence-corrected chi connectivity index (χ2v) is 3.76. The molecular weight excluding hydrogens is 178 g/mol. The average Bonchev–Trinajstić information content (AvgIpc) is 2.91. The highest BCUT2D eigenvalue weighted by atomic mass is 16.5. The zero-order chi connectivity index (χ0) is 10.1. The van der Waals surface area contributed by atoms with Gasteiger partial charge in [-0.05, 0) is 25.7 Å². The number of nitriles is 1. The molecule has 1 heterocycles. The van der Waals surface area contributed by atoms with Gasteiger partial charge in [-0.2, -0.15) is 10.4 Å². The van der Waals surface area contributed by atoms with Gasteiger partial charge in [-0.1, -0.05) is 0 Å². The van der Waals surface area contributed by atoms with Gasteiger partial charge in [0.2, 0.25) is 5.88 Å². The van der Waals surface area contributed by atoms with E-state index in [2.05, 4.69) is 11.2 Å². The van der Waals surface area contributed by atoms with Crippen molar-refractivity contribution in [3.63, 3.8) is 0 Å². The molecule has 0 saturated heterocycles. The first kappa shape index (κ1) is 9.07.